The number of hydrogen-bond donors (Lipinski definition) is 1. The smallest absolute Gasteiger partial charge is 0.225 e. The van der Waals surface area contributed by atoms with Crippen LogP contribution in [0.3, 0.4) is 0 Å². The number of para-hydroxylation sites is 1. The highest BCUT2D eigenvalue weighted by Gasteiger charge is 2.26. The summed E-state index contributed by atoms with van der Waals surface area (Å²) < 4.78 is 1.86. The monoisotopic (exact) mass is 265 g/mol. The zero-order valence-corrected chi connectivity index (χ0v) is 11.2. The first-order valence-corrected chi connectivity index (χ1v) is 6.85. The van der Waals surface area contributed by atoms with Crippen molar-refractivity contribution in [2.24, 2.45) is 0 Å². The minimum absolute atomic E-state index is 0.613. The standard InChI is InChI=1S/C15H15N5/c1-16-15-17-13-5-3-2-4-11(13)14(18-15)20-9-8-12(19-20)10-6-7-10/h2-5,8-10H,6-7H2,1H3,(H,16,17,18). The van der Waals surface area contributed by atoms with Gasteiger partial charge >= 0.3 is 0 Å². The maximum Gasteiger partial charge on any atom is 0.225 e. The van der Waals surface area contributed by atoms with Crippen LogP contribution in [0, 0.1) is 0 Å². The number of aromatic nitrogens is 4. The van der Waals surface area contributed by atoms with E-state index >= 15 is 0 Å². The minimum atomic E-state index is 0.613. The van der Waals surface area contributed by atoms with Gasteiger partial charge in [0.05, 0.1) is 11.2 Å². The number of anilines is 1. The molecule has 1 aromatic carbocycles. The van der Waals surface area contributed by atoms with Crippen molar-refractivity contribution in [2.45, 2.75) is 18.8 Å². The van der Waals surface area contributed by atoms with Crippen LogP contribution in [-0.4, -0.2) is 26.8 Å². The molecular weight excluding hydrogens is 250 g/mol. The summed E-state index contributed by atoms with van der Waals surface area (Å²) >= 11 is 0. The summed E-state index contributed by atoms with van der Waals surface area (Å²) in [5.74, 6) is 2.09. The Labute approximate surface area is 116 Å². The Bertz CT molecular complexity index is 773. The molecule has 1 fully saturated rings. The van der Waals surface area contributed by atoms with Crippen LogP contribution in [0.1, 0.15) is 24.5 Å². The van der Waals surface area contributed by atoms with Crippen molar-refractivity contribution in [1.29, 1.82) is 0 Å². The van der Waals surface area contributed by atoms with Crippen LogP contribution in [0.2, 0.25) is 0 Å². The highest BCUT2D eigenvalue weighted by molar-refractivity contribution is 5.86. The Morgan fingerprint density at radius 2 is 2.00 bits per heavy atom. The maximum absolute atomic E-state index is 4.67. The Morgan fingerprint density at radius 1 is 1.15 bits per heavy atom. The molecule has 2 aromatic heterocycles. The van der Waals surface area contributed by atoms with E-state index in [9.17, 15) is 0 Å². The molecule has 1 N–H and O–H groups in total. The van der Waals surface area contributed by atoms with E-state index in [1.807, 2.05) is 42.2 Å². The molecule has 4 rings (SSSR count). The SMILES string of the molecule is CNc1nc(-n2ccc(C3CC3)n2)c2ccccc2n1. The molecule has 0 amide bonds. The zero-order chi connectivity index (χ0) is 13.5. The van der Waals surface area contributed by atoms with Crippen LogP contribution in [0.5, 0.6) is 0 Å². The van der Waals surface area contributed by atoms with Crippen molar-refractivity contribution in [1.82, 2.24) is 19.7 Å². The third-order valence-corrected chi connectivity index (χ3v) is 3.63. The molecule has 0 saturated heterocycles. The van der Waals surface area contributed by atoms with Crippen LogP contribution in [0.4, 0.5) is 5.95 Å². The summed E-state index contributed by atoms with van der Waals surface area (Å²) in [5.41, 5.74) is 2.09. The number of hydrogen-bond acceptors (Lipinski definition) is 4. The summed E-state index contributed by atoms with van der Waals surface area (Å²) in [6, 6.07) is 10.1. The molecular formula is C15H15N5. The highest BCUT2D eigenvalue weighted by Crippen LogP contribution is 2.39. The molecule has 1 aliphatic carbocycles. The molecule has 0 aliphatic heterocycles. The van der Waals surface area contributed by atoms with Gasteiger partial charge in [-0.05, 0) is 31.0 Å². The Kier molecular flexibility index (Phi) is 2.45. The van der Waals surface area contributed by atoms with E-state index in [4.69, 9.17) is 0 Å². The number of benzene rings is 1. The molecule has 100 valence electrons. The fraction of sp³-hybridized carbons (Fsp3) is 0.267. The van der Waals surface area contributed by atoms with E-state index in [1.54, 1.807) is 0 Å². The molecule has 0 unspecified atom stereocenters. The second-order valence-electron chi connectivity index (χ2n) is 5.10. The minimum Gasteiger partial charge on any atom is -0.357 e. The van der Waals surface area contributed by atoms with Gasteiger partial charge in [-0.2, -0.15) is 10.1 Å². The molecule has 1 saturated carbocycles. The molecule has 0 bridgehead atoms. The molecule has 2 heterocycles. The van der Waals surface area contributed by atoms with Crippen LogP contribution in [0.15, 0.2) is 36.5 Å². The quantitative estimate of drug-likeness (QED) is 0.791. The highest BCUT2D eigenvalue weighted by atomic mass is 15.3. The molecule has 3 aromatic rings. The molecule has 5 nitrogen and oxygen atoms in total. The first-order chi connectivity index (χ1) is 9.85. The van der Waals surface area contributed by atoms with E-state index in [1.165, 1.54) is 18.5 Å². The van der Waals surface area contributed by atoms with Gasteiger partial charge in [0.25, 0.3) is 0 Å². The van der Waals surface area contributed by atoms with Crippen LogP contribution in [-0.2, 0) is 0 Å². The van der Waals surface area contributed by atoms with Crippen molar-refractivity contribution in [2.75, 3.05) is 12.4 Å². The molecule has 0 spiro atoms. The lowest BCUT2D eigenvalue weighted by Crippen LogP contribution is -2.05. The molecule has 0 radical (unpaired) electrons. The van der Waals surface area contributed by atoms with Crippen molar-refractivity contribution in [3.63, 3.8) is 0 Å². The lowest BCUT2D eigenvalue weighted by atomic mass is 10.2. The van der Waals surface area contributed by atoms with Gasteiger partial charge in [0.2, 0.25) is 5.95 Å². The van der Waals surface area contributed by atoms with Crippen molar-refractivity contribution < 1.29 is 0 Å². The average Bonchev–Trinajstić information content (AvgIpc) is 3.24. The first kappa shape index (κ1) is 11.4. The Balaban J connectivity index is 1.91. The van der Waals surface area contributed by atoms with E-state index in [2.05, 4.69) is 26.4 Å². The second-order valence-corrected chi connectivity index (χ2v) is 5.10. The third-order valence-electron chi connectivity index (χ3n) is 3.63. The van der Waals surface area contributed by atoms with Crippen LogP contribution in [0.25, 0.3) is 16.7 Å². The van der Waals surface area contributed by atoms with Gasteiger partial charge < -0.3 is 5.32 Å². The largest absolute Gasteiger partial charge is 0.357 e. The van der Waals surface area contributed by atoms with Gasteiger partial charge in [-0.1, -0.05) is 12.1 Å². The molecule has 5 heteroatoms. The van der Waals surface area contributed by atoms with Crippen LogP contribution < -0.4 is 5.32 Å². The average molecular weight is 265 g/mol. The fourth-order valence-electron chi connectivity index (χ4n) is 2.40. The van der Waals surface area contributed by atoms with Crippen LogP contribution >= 0.6 is 0 Å². The lowest BCUT2D eigenvalue weighted by Gasteiger charge is -2.08. The molecule has 1 aliphatic rings. The van der Waals surface area contributed by atoms with Gasteiger partial charge in [0, 0.05) is 24.5 Å². The van der Waals surface area contributed by atoms with Gasteiger partial charge in [-0.15, -0.1) is 0 Å². The summed E-state index contributed by atoms with van der Waals surface area (Å²) in [5, 5.41) is 8.69. The summed E-state index contributed by atoms with van der Waals surface area (Å²) in [7, 11) is 1.83. The Hall–Kier alpha value is -2.43. The number of rotatable bonds is 3. The van der Waals surface area contributed by atoms with E-state index in [0.717, 1.165) is 16.7 Å². The van der Waals surface area contributed by atoms with Crippen molar-refractivity contribution >= 4 is 16.9 Å². The van der Waals surface area contributed by atoms with E-state index in [0.29, 0.717) is 11.9 Å². The maximum atomic E-state index is 4.67. The Morgan fingerprint density at radius 3 is 2.80 bits per heavy atom. The van der Waals surface area contributed by atoms with Gasteiger partial charge in [0.1, 0.15) is 0 Å². The van der Waals surface area contributed by atoms with Gasteiger partial charge in [-0.25, -0.2) is 9.67 Å². The van der Waals surface area contributed by atoms with Crippen molar-refractivity contribution in [3.8, 4) is 5.82 Å². The fourth-order valence-corrected chi connectivity index (χ4v) is 2.40. The number of nitrogens with zero attached hydrogens (tertiary/aromatic N) is 4. The predicted molar refractivity (Wildman–Crippen MR) is 78.2 cm³/mol. The topological polar surface area (TPSA) is 55.6 Å². The third kappa shape index (κ3) is 1.82. The first-order valence-electron chi connectivity index (χ1n) is 6.85. The summed E-state index contributed by atoms with van der Waals surface area (Å²) in [6.45, 7) is 0. The van der Waals surface area contributed by atoms with E-state index < -0.39 is 0 Å². The lowest BCUT2D eigenvalue weighted by molar-refractivity contribution is 0.817. The van der Waals surface area contributed by atoms with Gasteiger partial charge in [-0.3, -0.25) is 0 Å². The molecule has 20 heavy (non-hydrogen) atoms. The predicted octanol–water partition coefficient (Wildman–Crippen LogP) is 2.73. The summed E-state index contributed by atoms with van der Waals surface area (Å²) in [6.07, 6.45) is 4.49. The normalized spacial score (nSPS) is 14.7. The zero-order valence-electron chi connectivity index (χ0n) is 11.2. The second kappa shape index (κ2) is 4.30. The molecule has 0 atom stereocenters. The summed E-state index contributed by atoms with van der Waals surface area (Å²) in [4.78, 5) is 9.03. The number of fused-ring (bicyclic) bond motifs is 1. The number of nitrogens with one attached hydrogen (secondary N) is 1. The van der Waals surface area contributed by atoms with E-state index in [-0.39, 0.29) is 0 Å². The van der Waals surface area contributed by atoms with Gasteiger partial charge in [0.15, 0.2) is 5.82 Å². The van der Waals surface area contributed by atoms with Crippen molar-refractivity contribution in [3.05, 3.63) is 42.2 Å².